The van der Waals surface area contributed by atoms with E-state index in [9.17, 15) is 0 Å². The average molecular weight is 243 g/mol. The lowest BCUT2D eigenvalue weighted by Gasteiger charge is -2.03. The lowest BCUT2D eigenvalue weighted by Crippen LogP contribution is -2.17. The number of hydrogen-bond acceptors (Lipinski definition) is 1. The molecule has 2 aromatic rings. The molecule has 0 radical (unpaired) electrons. The highest BCUT2D eigenvalue weighted by molar-refractivity contribution is 6.33. The molecule has 0 aliphatic rings. The van der Waals surface area contributed by atoms with Crippen molar-refractivity contribution in [3.8, 4) is 0 Å². The van der Waals surface area contributed by atoms with Gasteiger partial charge >= 0.3 is 0 Å². The first-order chi connectivity index (χ1) is 7.08. The Morgan fingerprint density at radius 1 is 1.40 bits per heavy atom. The lowest BCUT2D eigenvalue weighted by atomic mass is 10.1. The largest absolute Gasteiger partial charge is 0.345 e. The van der Waals surface area contributed by atoms with Crippen LogP contribution in [0, 0.1) is 0 Å². The van der Waals surface area contributed by atoms with Gasteiger partial charge in [0.1, 0.15) is 5.15 Å². The fraction of sp³-hybridized carbons (Fsp3) is 0.273. The van der Waals surface area contributed by atoms with E-state index >= 15 is 0 Å². The quantitative estimate of drug-likeness (QED) is 0.834. The molecule has 1 aromatic heterocycles. The molecule has 4 heteroatoms. The molecule has 0 saturated heterocycles. The molecule has 1 heterocycles. The molecule has 0 fully saturated rings. The molecule has 0 aliphatic carbocycles. The minimum Gasteiger partial charge on any atom is -0.345 e. The smallest absolute Gasteiger partial charge is 0.110 e. The molecule has 0 spiro atoms. The summed E-state index contributed by atoms with van der Waals surface area (Å²) in [6.45, 7) is 1.96. The van der Waals surface area contributed by atoms with Gasteiger partial charge in [-0.3, -0.25) is 0 Å². The highest BCUT2D eigenvalue weighted by Gasteiger charge is 2.11. The zero-order valence-electron chi connectivity index (χ0n) is 8.35. The molecule has 80 valence electrons. The van der Waals surface area contributed by atoms with Gasteiger partial charge in [0.2, 0.25) is 0 Å². The van der Waals surface area contributed by atoms with Crippen LogP contribution < -0.4 is 5.73 Å². The Bertz CT molecular complexity index is 489. The van der Waals surface area contributed by atoms with Gasteiger partial charge in [-0.15, -0.1) is 0 Å². The number of halogens is 2. The van der Waals surface area contributed by atoms with Gasteiger partial charge in [-0.05, 0) is 31.0 Å². The molecule has 2 rings (SSSR count). The summed E-state index contributed by atoms with van der Waals surface area (Å²) in [6.07, 6.45) is 0.764. The van der Waals surface area contributed by atoms with E-state index in [1.807, 2.05) is 25.1 Å². The number of aromatic amines is 1. The number of rotatable bonds is 2. The molecule has 1 atom stereocenters. The van der Waals surface area contributed by atoms with Crippen molar-refractivity contribution in [1.29, 1.82) is 0 Å². The first-order valence-corrected chi connectivity index (χ1v) is 5.54. The summed E-state index contributed by atoms with van der Waals surface area (Å²) in [5, 5.41) is 2.46. The van der Waals surface area contributed by atoms with Gasteiger partial charge in [0, 0.05) is 22.0 Å². The van der Waals surface area contributed by atoms with Crippen molar-refractivity contribution in [1.82, 2.24) is 4.98 Å². The van der Waals surface area contributed by atoms with E-state index in [0.717, 1.165) is 22.9 Å². The van der Waals surface area contributed by atoms with Gasteiger partial charge in [-0.25, -0.2) is 0 Å². The van der Waals surface area contributed by atoms with Gasteiger partial charge in [0.15, 0.2) is 0 Å². The number of nitrogens with one attached hydrogen (secondary N) is 1. The zero-order chi connectivity index (χ0) is 11.0. The van der Waals surface area contributed by atoms with Crippen LogP contribution in [0.1, 0.15) is 12.5 Å². The molecule has 15 heavy (non-hydrogen) atoms. The van der Waals surface area contributed by atoms with Crippen LogP contribution in [-0.4, -0.2) is 11.0 Å². The predicted octanol–water partition coefficient (Wildman–Crippen LogP) is 3.36. The van der Waals surface area contributed by atoms with E-state index in [-0.39, 0.29) is 6.04 Å². The average Bonchev–Trinajstić information content (AvgIpc) is 2.41. The van der Waals surface area contributed by atoms with Crippen LogP contribution >= 0.6 is 23.2 Å². The van der Waals surface area contributed by atoms with Crippen LogP contribution in [0.3, 0.4) is 0 Å². The topological polar surface area (TPSA) is 41.8 Å². The van der Waals surface area contributed by atoms with Crippen molar-refractivity contribution in [2.75, 3.05) is 0 Å². The third-order valence-corrected chi connectivity index (χ3v) is 2.90. The first kappa shape index (κ1) is 10.8. The van der Waals surface area contributed by atoms with Crippen LogP contribution in [0.25, 0.3) is 10.9 Å². The van der Waals surface area contributed by atoms with Crippen LogP contribution in [0.5, 0.6) is 0 Å². The van der Waals surface area contributed by atoms with Gasteiger partial charge in [-0.2, -0.15) is 0 Å². The summed E-state index contributed by atoms with van der Waals surface area (Å²) in [4.78, 5) is 3.10. The van der Waals surface area contributed by atoms with Crippen molar-refractivity contribution < 1.29 is 0 Å². The number of nitrogens with two attached hydrogens (primary N) is 1. The summed E-state index contributed by atoms with van der Waals surface area (Å²) in [5.41, 5.74) is 7.80. The summed E-state index contributed by atoms with van der Waals surface area (Å²) in [6, 6.07) is 5.79. The summed E-state index contributed by atoms with van der Waals surface area (Å²) >= 11 is 12.0. The standard InChI is InChI=1S/C11H12Cl2N2/c1-6(14)4-9-8-3-2-7(12)5-10(8)15-11(9)13/h2-3,5-6,15H,4,14H2,1H3. The monoisotopic (exact) mass is 242 g/mol. The molecule has 0 amide bonds. The zero-order valence-corrected chi connectivity index (χ0v) is 9.86. The van der Waals surface area contributed by atoms with Crippen molar-refractivity contribution in [3.05, 3.63) is 33.9 Å². The Labute approximate surface area is 98.4 Å². The van der Waals surface area contributed by atoms with E-state index < -0.39 is 0 Å². The van der Waals surface area contributed by atoms with Gasteiger partial charge in [0.05, 0.1) is 0 Å². The fourth-order valence-corrected chi connectivity index (χ4v) is 2.17. The number of fused-ring (bicyclic) bond motifs is 1. The van der Waals surface area contributed by atoms with Crippen LogP contribution in [0.15, 0.2) is 18.2 Å². The second-order valence-electron chi connectivity index (χ2n) is 3.79. The molecular formula is C11H12Cl2N2. The van der Waals surface area contributed by atoms with E-state index in [1.165, 1.54) is 0 Å². The van der Waals surface area contributed by atoms with Crippen molar-refractivity contribution in [3.63, 3.8) is 0 Å². The molecule has 0 saturated carbocycles. The Balaban J connectivity index is 2.58. The highest BCUT2D eigenvalue weighted by Crippen LogP contribution is 2.28. The molecule has 0 aliphatic heterocycles. The maximum atomic E-state index is 6.11. The highest BCUT2D eigenvalue weighted by atomic mass is 35.5. The SMILES string of the molecule is CC(N)Cc1c(Cl)[nH]c2cc(Cl)ccc12. The van der Waals surface area contributed by atoms with Crippen LogP contribution in [-0.2, 0) is 6.42 Å². The predicted molar refractivity (Wildman–Crippen MR) is 65.7 cm³/mol. The third kappa shape index (κ3) is 2.12. The third-order valence-electron chi connectivity index (χ3n) is 2.34. The van der Waals surface area contributed by atoms with Gasteiger partial charge in [0.25, 0.3) is 0 Å². The van der Waals surface area contributed by atoms with Crippen LogP contribution in [0.2, 0.25) is 10.2 Å². The Kier molecular flexibility index (Phi) is 2.91. The van der Waals surface area contributed by atoms with Gasteiger partial charge in [-0.1, -0.05) is 29.3 Å². The maximum absolute atomic E-state index is 6.11. The van der Waals surface area contributed by atoms with Crippen molar-refractivity contribution in [2.45, 2.75) is 19.4 Å². The molecule has 2 nitrogen and oxygen atoms in total. The van der Waals surface area contributed by atoms with Gasteiger partial charge < -0.3 is 10.7 Å². The Morgan fingerprint density at radius 2 is 2.13 bits per heavy atom. The van der Waals surface area contributed by atoms with E-state index in [1.54, 1.807) is 0 Å². The second-order valence-corrected chi connectivity index (χ2v) is 4.60. The normalized spacial score (nSPS) is 13.3. The Hall–Kier alpha value is -0.700. The van der Waals surface area contributed by atoms with E-state index in [0.29, 0.717) is 10.2 Å². The number of aromatic nitrogens is 1. The molecule has 1 aromatic carbocycles. The van der Waals surface area contributed by atoms with Crippen molar-refractivity contribution in [2.24, 2.45) is 5.73 Å². The minimum absolute atomic E-state index is 0.0946. The first-order valence-electron chi connectivity index (χ1n) is 4.79. The number of benzene rings is 1. The number of hydrogen-bond donors (Lipinski definition) is 2. The van der Waals surface area contributed by atoms with E-state index in [2.05, 4.69) is 4.98 Å². The molecule has 3 N–H and O–H groups in total. The summed E-state index contributed by atoms with van der Waals surface area (Å²) in [7, 11) is 0. The maximum Gasteiger partial charge on any atom is 0.110 e. The summed E-state index contributed by atoms with van der Waals surface area (Å²) in [5.74, 6) is 0. The summed E-state index contributed by atoms with van der Waals surface area (Å²) < 4.78 is 0. The lowest BCUT2D eigenvalue weighted by molar-refractivity contribution is 0.741. The molecule has 0 bridgehead atoms. The number of H-pyrrole nitrogens is 1. The Morgan fingerprint density at radius 3 is 2.80 bits per heavy atom. The second kappa shape index (κ2) is 4.05. The van der Waals surface area contributed by atoms with Crippen LogP contribution in [0.4, 0.5) is 0 Å². The fourth-order valence-electron chi connectivity index (χ4n) is 1.72. The molecular weight excluding hydrogens is 231 g/mol. The molecule has 1 unspecified atom stereocenters. The van der Waals surface area contributed by atoms with E-state index in [4.69, 9.17) is 28.9 Å². The van der Waals surface area contributed by atoms with Crippen molar-refractivity contribution >= 4 is 34.1 Å². The minimum atomic E-state index is 0.0946.